The minimum Gasteiger partial charge on any atom is -0.370 e. The highest BCUT2D eigenvalue weighted by molar-refractivity contribution is 6.04. The third-order valence-electron chi connectivity index (χ3n) is 5.91. The van der Waals surface area contributed by atoms with Crippen LogP contribution in [0.25, 0.3) is 0 Å². The van der Waals surface area contributed by atoms with E-state index in [9.17, 15) is 14.4 Å². The van der Waals surface area contributed by atoms with Crippen LogP contribution in [0.3, 0.4) is 0 Å². The van der Waals surface area contributed by atoms with Gasteiger partial charge in [0.25, 0.3) is 0 Å². The first kappa shape index (κ1) is 22.3. The molecule has 0 saturated heterocycles. The lowest BCUT2D eigenvalue weighted by Gasteiger charge is -2.26. The first-order chi connectivity index (χ1) is 15.7. The Morgan fingerprint density at radius 2 is 1.67 bits per heavy atom. The van der Waals surface area contributed by atoms with Crippen LogP contribution in [0, 0.1) is 0 Å². The Balaban J connectivity index is 1.54. The van der Waals surface area contributed by atoms with E-state index in [1.807, 2.05) is 37.9 Å². The summed E-state index contributed by atoms with van der Waals surface area (Å²) in [6, 6.07) is 10.6. The lowest BCUT2D eigenvalue weighted by molar-refractivity contribution is -0.118. The number of nitrogens with zero attached hydrogens (tertiary/aromatic N) is 4. The number of benzene rings is 2. The van der Waals surface area contributed by atoms with Gasteiger partial charge in [-0.25, -0.2) is 0 Å². The molecule has 4 rings (SSSR count). The van der Waals surface area contributed by atoms with E-state index in [2.05, 4.69) is 26.4 Å². The third kappa shape index (κ3) is 4.64. The van der Waals surface area contributed by atoms with Crippen LogP contribution in [-0.2, 0) is 14.4 Å². The van der Waals surface area contributed by atoms with Crippen molar-refractivity contribution >= 4 is 51.8 Å². The van der Waals surface area contributed by atoms with Gasteiger partial charge in [0, 0.05) is 38.9 Å². The number of carbonyl (C=O) groups excluding carboxylic acids is 3. The maximum Gasteiger partial charge on any atom is 0.226 e. The van der Waals surface area contributed by atoms with E-state index in [-0.39, 0.29) is 36.2 Å². The summed E-state index contributed by atoms with van der Waals surface area (Å²) in [5, 5.41) is 14.1. The SMILES string of the molecule is CC(=O)N1c2ccc(NN=Nc3ccc4c(c3)N(C)[C@H](C)CC(=O)N4)cc2NC(=O)C[C@H]1C. The van der Waals surface area contributed by atoms with Gasteiger partial charge in [0.05, 0.1) is 34.1 Å². The molecular formula is C23H27N7O3. The van der Waals surface area contributed by atoms with Crippen molar-refractivity contribution < 1.29 is 14.4 Å². The van der Waals surface area contributed by atoms with Gasteiger partial charge < -0.3 is 20.4 Å². The number of rotatable bonds is 3. The molecule has 3 amide bonds. The van der Waals surface area contributed by atoms with E-state index in [1.165, 1.54) is 6.92 Å². The Morgan fingerprint density at radius 3 is 2.39 bits per heavy atom. The zero-order chi connectivity index (χ0) is 23.7. The molecule has 10 nitrogen and oxygen atoms in total. The maximum absolute atomic E-state index is 12.2. The van der Waals surface area contributed by atoms with Crippen LogP contribution in [0.1, 0.15) is 33.6 Å². The van der Waals surface area contributed by atoms with Gasteiger partial charge in [-0.3, -0.25) is 19.8 Å². The summed E-state index contributed by atoms with van der Waals surface area (Å²) >= 11 is 0. The maximum atomic E-state index is 12.2. The molecule has 2 atom stereocenters. The van der Waals surface area contributed by atoms with Gasteiger partial charge in [-0.05, 0) is 50.2 Å². The van der Waals surface area contributed by atoms with Crippen molar-refractivity contribution in [2.24, 2.45) is 10.3 Å². The predicted octanol–water partition coefficient (Wildman–Crippen LogP) is 4.05. The second kappa shape index (κ2) is 8.89. The molecule has 10 heteroatoms. The summed E-state index contributed by atoms with van der Waals surface area (Å²) in [6.07, 6.45) is 0.640. The summed E-state index contributed by atoms with van der Waals surface area (Å²) in [5.41, 5.74) is 6.91. The Kier molecular flexibility index (Phi) is 5.99. The molecule has 2 aliphatic heterocycles. The van der Waals surface area contributed by atoms with E-state index in [0.29, 0.717) is 29.2 Å². The average Bonchev–Trinajstić information content (AvgIpc) is 2.94. The molecule has 0 bridgehead atoms. The highest BCUT2D eigenvalue weighted by Gasteiger charge is 2.28. The first-order valence-electron chi connectivity index (χ1n) is 10.8. The number of carbonyl (C=O) groups is 3. The molecule has 0 radical (unpaired) electrons. The number of nitrogens with one attached hydrogen (secondary N) is 3. The fraction of sp³-hybridized carbons (Fsp3) is 0.348. The highest BCUT2D eigenvalue weighted by atomic mass is 16.2. The van der Waals surface area contributed by atoms with E-state index < -0.39 is 0 Å². The predicted molar refractivity (Wildman–Crippen MR) is 128 cm³/mol. The number of hydrogen-bond donors (Lipinski definition) is 3. The molecule has 2 aromatic carbocycles. The summed E-state index contributed by atoms with van der Waals surface area (Å²) in [4.78, 5) is 40.0. The van der Waals surface area contributed by atoms with Crippen LogP contribution in [0.5, 0.6) is 0 Å². The Hall–Kier alpha value is -3.95. The molecular weight excluding hydrogens is 422 g/mol. The van der Waals surface area contributed by atoms with E-state index in [1.54, 1.807) is 29.2 Å². The van der Waals surface area contributed by atoms with Crippen molar-refractivity contribution in [2.75, 3.05) is 32.9 Å². The van der Waals surface area contributed by atoms with Gasteiger partial charge in [0.2, 0.25) is 17.7 Å². The molecule has 0 aliphatic carbocycles. The third-order valence-corrected chi connectivity index (χ3v) is 5.91. The molecule has 3 N–H and O–H groups in total. The van der Waals surface area contributed by atoms with Crippen molar-refractivity contribution in [3.05, 3.63) is 36.4 Å². The Bertz CT molecular complexity index is 1150. The zero-order valence-electron chi connectivity index (χ0n) is 19.0. The fourth-order valence-corrected chi connectivity index (χ4v) is 4.16. The van der Waals surface area contributed by atoms with Gasteiger partial charge >= 0.3 is 0 Å². The zero-order valence-corrected chi connectivity index (χ0v) is 19.0. The van der Waals surface area contributed by atoms with Crippen molar-refractivity contribution in [1.82, 2.24) is 0 Å². The molecule has 0 spiro atoms. The molecule has 0 saturated carbocycles. The normalized spacial score (nSPS) is 20.4. The molecule has 2 aliphatic rings. The minimum atomic E-state index is -0.235. The fourth-order valence-electron chi connectivity index (χ4n) is 4.16. The highest BCUT2D eigenvalue weighted by Crippen LogP contribution is 2.35. The number of amides is 3. The van der Waals surface area contributed by atoms with Crippen LogP contribution in [0.4, 0.5) is 34.1 Å². The monoisotopic (exact) mass is 449 g/mol. The molecule has 33 heavy (non-hydrogen) atoms. The van der Waals surface area contributed by atoms with E-state index in [0.717, 1.165) is 11.4 Å². The topological polar surface area (TPSA) is 118 Å². The summed E-state index contributed by atoms with van der Waals surface area (Å²) < 4.78 is 0. The van der Waals surface area contributed by atoms with Gasteiger partial charge in [-0.15, -0.1) is 5.11 Å². The average molecular weight is 450 g/mol. The second-order valence-electron chi connectivity index (χ2n) is 8.45. The second-order valence-corrected chi connectivity index (χ2v) is 8.45. The number of hydrogen-bond acceptors (Lipinski definition) is 6. The lowest BCUT2D eigenvalue weighted by atomic mass is 10.1. The van der Waals surface area contributed by atoms with Crippen molar-refractivity contribution in [2.45, 2.75) is 45.7 Å². The number of anilines is 5. The molecule has 0 fully saturated rings. The van der Waals surface area contributed by atoms with Gasteiger partial charge in [0.15, 0.2) is 0 Å². The minimum absolute atomic E-state index is 0.0165. The quantitative estimate of drug-likeness (QED) is 0.483. The van der Waals surface area contributed by atoms with Crippen LogP contribution < -0.4 is 25.9 Å². The van der Waals surface area contributed by atoms with Crippen LogP contribution in [0.2, 0.25) is 0 Å². The summed E-state index contributed by atoms with van der Waals surface area (Å²) in [7, 11) is 1.94. The van der Waals surface area contributed by atoms with Crippen molar-refractivity contribution in [1.29, 1.82) is 0 Å². The van der Waals surface area contributed by atoms with Gasteiger partial charge in [0.1, 0.15) is 0 Å². The lowest BCUT2D eigenvalue weighted by Crippen LogP contribution is -2.37. The Morgan fingerprint density at radius 1 is 0.970 bits per heavy atom. The van der Waals surface area contributed by atoms with E-state index >= 15 is 0 Å². The largest absolute Gasteiger partial charge is 0.370 e. The van der Waals surface area contributed by atoms with Gasteiger partial charge in [-0.1, -0.05) is 5.22 Å². The standard InChI is InChI=1S/C23H27N7O3/c1-13-9-22(32)24-18-7-5-17(12-21(18)29(13)4)27-28-26-16-6-8-20-19(11-16)25-23(33)10-14(2)30(20)15(3)31/h5-8,11-14H,9-10H2,1-4H3,(H,24,32)(H,25,33)(H,26,27)/t13-,14-/m1/s1. The Labute approximate surface area is 192 Å². The van der Waals surface area contributed by atoms with Crippen molar-refractivity contribution in [3.63, 3.8) is 0 Å². The molecule has 0 aromatic heterocycles. The van der Waals surface area contributed by atoms with Gasteiger partial charge in [-0.2, -0.15) is 0 Å². The molecule has 2 heterocycles. The van der Waals surface area contributed by atoms with Crippen LogP contribution in [0.15, 0.2) is 46.7 Å². The molecule has 0 unspecified atom stereocenters. The summed E-state index contributed by atoms with van der Waals surface area (Å²) in [5.74, 6) is -0.293. The summed E-state index contributed by atoms with van der Waals surface area (Å²) in [6.45, 7) is 5.33. The molecule has 172 valence electrons. The number of fused-ring (bicyclic) bond motifs is 2. The first-order valence-corrected chi connectivity index (χ1v) is 10.8. The van der Waals surface area contributed by atoms with Crippen LogP contribution in [-0.4, -0.2) is 36.9 Å². The molecule has 2 aromatic rings. The smallest absolute Gasteiger partial charge is 0.226 e. The van der Waals surface area contributed by atoms with Crippen molar-refractivity contribution in [3.8, 4) is 0 Å². The van der Waals surface area contributed by atoms with Crippen LogP contribution >= 0.6 is 0 Å². The van der Waals surface area contributed by atoms with E-state index in [4.69, 9.17) is 0 Å².